The molecule has 0 bridgehead atoms. The molecule has 2 N–H and O–H groups in total. The van der Waals surface area contributed by atoms with Crippen molar-refractivity contribution >= 4 is 11.9 Å². The highest BCUT2D eigenvalue weighted by molar-refractivity contribution is 5.89. The van der Waals surface area contributed by atoms with Crippen molar-refractivity contribution in [3.63, 3.8) is 0 Å². The third-order valence-corrected chi connectivity index (χ3v) is 3.04. The number of hydrogen-bond acceptors (Lipinski definition) is 4. The van der Waals surface area contributed by atoms with E-state index in [-0.39, 0.29) is 17.0 Å². The molecule has 108 valence electrons. The first-order valence-electron chi connectivity index (χ1n) is 6.33. The van der Waals surface area contributed by atoms with Crippen LogP contribution in [0, 0.1) is 0 Å². The number of pyridine rings is 2. The van der Waals surface area contributed by atoms with Gasteiger partial charge in [-0.25, -0.2) is 9.59 Å². The maximum atomic E-state index is 11.0. The van der Waals surface area contributed by atoms with Gasteiger partial charge in [-0.3, -0.25) is 9.97 Å². The predicted octanol–water partition coefficient (Wildman–Crippen LogP) is 2.66. The summed E-state index contributed by atoms with van der Waals surface area (Å²) in [5, 5.41) is 17.9. The van der Waals surface area contributed by atoms with Crippen molar-refractivity contribution in [2.45, 2.75) is 19.8 Å². The van der Waals surface area contributed by atoms with E-state index in [4.69, 9.17) is 10.2 Å². The van der Waals surface area contributed by atoms with Crippen LogP contribution in [0.2, 0.25) is 0 Å². The van der Waals surface area contributed by atoms with Crippen molar-refractivity contribution in [1.82, 2.24) is 9.97 Å². The van der Waals surface area contributed by atoms with E-state index >= 15 is 0 Å². The molecule has 0 aromatic carbocycles. The SMILES string of the molecule is CC(C)c1cc(C(=O)O)cnc1-c1ccc(C(=O)O)cn1. The maximum absolute atomic E-state index is 11.0. The highest BCUT2D eigenvalue weighted by Gasteiger charge is 2.15. The minimum absolute atomic E-state index is 0.0627. The molecule has 6 nitrogen and oxygen atoms in total. The Morgan fingerprint density at radius 1 is 1.00 bits per heavy atom. The van der Waals surface area contributed by atoms with Crippen LogP contribution in [0.15, 0.2) is 30.6 Å². The molecule has 21 heavy (non-hydrogen) atoms. The zero-order valence-corrected chi connectivity index (χ0v) is 11.6. The fourth-order valence-electron chi connectivity index (χ4n) is 1.91. The van der Waals surface area contributed by atoms with Crippen molar-refractivity contribution in [2.24, 2.45) is 0 Å². The molecule has 0 saturated carbocycles. The highest BCUT2D eigenvalue weighted by Crippen LogP contribution is 2.27. The summed E-state index contributed by atoms with van der Waals surface area (Å²) in [6.07, 6.45) is 2.53. The Kier molecular flexibility index (Phi) is 3.98. The van der Waals surface area contributed by atoms with Crippen molar-refractivity contribution in [1.29, 1.82) is 0 Å². The second-order valence-corrected chi connectivity index (χ2v) is 4.86. The molecule has 2 rings (SSSR count). The van der Waals surface area contributed by atoms with E-state index in [0.717, 1.165) is 5.56 Å². The number of carboxylic acid groups (broad SMARTS) is 2. The van der Waals surface area contributed by atoms with E-state index in [1.165, 1.54) is 18.5 Å². The van der Waals surface area contributed by atoms with E-state index < -0.39 is 11.9 Å². The van der Waals surface area contributed by atoms with Crippen LogP contribution < -0.4 is 0 Å². The Hall–Kier alpha value is -2.76. The van der Waals surface area contributed by atoms with E-state index in [0.29, 0.717) is 11.4 Å². The largest absolute Gasteiger partial charge is 0.478 e. The van der Waals surface area contributed by atoms with Crippen molar-refractivity contribution in [2.75, 3.05) is 0 Å². The molecule has 0 unspecified atom stereocenters. The first-order valence-corrected chi connectivity index (χ1v) is 6.33. The lowest BCUT2D eigenvalue weighted by molar-refractivity contribution is 0.0685. The summed E-state index contributed by atoms with van der Waals surface area (Å²) in [5.41, 5.74) is 2.04. The monoisotopic (exact) mass is 286 g/mol. The standard InChI is InChI=1S/C15H14N2O4/c1-8(2)11-5-10(15(20)21)7-17-13(11)12-4-3-9(6-16-12)14(18)19/h3-8H,1-2H3,(H,18,19)(H,20,21). The summed E-state index contributed by atoms with van der Waals surface area (Å²) in [7, 11) is 0. The molecule has 2 aromatic rings. The van der Waals surface area contributed by atoms with Crippen LogP contribution >= 0.6 is 0 Å². The highest BCUT2D eigenvalue weighted by atomic mass is 16.4. The molecule has 0 aliphatic heterocycles. The Balaban J connectivity index is 2.52. The fourth-order valence-corrected chi connectivity index (χ4v) is 1.91. The maximum Gasteiger partial charge on any atom is 0.337 e. The lowest BCUT2D eigenvalue weighted by atomic mass is 9.97. The number of aromatic nitrogens is 2. The summed E-state index contributed by atoms with van der Waals surface area (Å²) in [6.45, 7) is 3.86. The molecule has 0 spiro atoms. The molecule has 2 aromatic heterocycles. The van der Waals surface area contributed by atoms with Gasteiger partial charge in [-0.15, -0.1) is 0 Å². The lowest BCUT2D eigenvalue weighted by Gasteiger charge is -2.12. The summed E-state index contributed by atoms with van der Waals surface area (Å²) < 4.78 is 0. The first-order chi connectivity index (χ1) is 9.90. The predicted molar refractivity (Wildman–Crippen MR) is 75.5 cm³/mol. The molecule has 0 saturated heterocycles. The van der Waals surface area contributed by atoms with E-state index in [9.17, 15) is 9.59 Å². The van der Waals surface area contributed by atoms with Crippen LogP contribution in [0.3, 0.4) is 0 Å². The molecule has 2 heterocycles. The minimum Gasteiger partial charge on any atom is -0.478 e. The summed E-state index contributed by atoms with van der Waals surface area (Å²) in [5.74, 6) is -2.02. The van der Waals surface area contributed by atoms with Crippen LogP contribution in [0.25, 0.3) is 11.4 Å². The molecule has 0 aliphatic rings. The summed E-state index contributed by atoms with van der Waals surface area (Å²) in [6, 6.07) is 4.59. The van der Waals surface area contributed by atoms with Crippen LogP contribution in [-0.4, -0.2) is 32.1 Å². The Labute approximate surface area is 121 Å². The molecular weight excluding hydrogens is 272 g/mol. The molecule has 0 atom stereocenters. The van der Waals surface area contributed by atoms with Crippen molar-refractivity contribution in [3.05, 3.63) is 47.3 Å². The van der Waals surface area contributed by atoms with E-state index in [1.54, 1.807) is 12.1 Å². The zero-order chi connectivity index (χ0) is 15.6. The fraction of sp³-hybridized carbons (Fsp3) is 0.200. The average Bonchev–Trinajstić information content (AvgIpc) is 2.46. The molecule has 0 aliphatic carbocycles. The van der Waals surface area contributed by atoms with Gasteiger partial charge in [0.2, 0.25) is 0 Å². The molecular formula is C15H14N2O4. The van der Waals surface area contributed by atoms with Crippen LogP contribution in [0.1, 0.15) is 46.0 Å². The minimum atomic E-state index is -1.05. The topological polar surface area (TPSA) is 100 Å². The number of aromatic carboxylic acids is 2. The van der Waals surface area contributed by atoms with Crippen LogP contribution in [-0.2, 0) is 0 Å². The average molecular weight is 286 g/mol. The van der Waals surface area contributed by atoms with Gasteiger partial charge in [-0.1, -0.05) is 13.8 Å². The molecule has 0 radical (unpaired) electrons. The number of rotatable bonds is 4. The zero-order valence-electron chi connectivity index (χ0n) is 11.6. The quantitative estimate of drug-likeness (QED) is 0.896. The van der Waals surface area contributed by atoms with Gasteiger partial charge in [0.05, 0.1) is 22.5 Å². The van der Waals surface area contributed by atoms with Crippen LogP contribution in [0.4, 0.5) is 0 Å². The Morgan fingerprint density at radius 3 is 2.10 bits per heavy atom. The molecule has 0 amide bonds. The third kappa shape index (κ3) is 3.05. The number of carboxylic acids is 2. The number of carbonyl (C=O) groups is 2. The first kappa shape index (κ1) is 14.6. The lowest BCUT2D eigenvalue weighted by Crippen LogP contribution is -2.04. The second kappa shape index (κ2) is 5.70. The summed E-state index contributed by atoms with van der Waals surface area (Å²) >= 11 is 0. The van der Waals surface area contributed by atoms with Gasteiger partial charge in [0.25, 0.3) is 0 Å². The van der Waals surface area contributed by atoms with Gasteiger partial charge in [-0.2, -0.15) is 0 Å². The molecule has 6 heteroatoms. The van der Waals surface area contributed by atoms with Gasteiger partial charge in [-0.05, 0) is 29.7 Å². The smallest absolute Gasteiger partial charge is 0.337 e. The van der Waals surface area contributed by atoms with Gasteiger partial charge in [0.15, 0.2) is 0 Å². The van der Waals surface area contributed by atoms with E-state index in [2.05, 4.69) is 9.97 Å². The van der Waals surface area contributed by atoms with Gasteiger partial charge < -0.3 is 10.2 Å². The summed E-state index contributed by atoms with van der Waals surface area (Å²) in [4.78, 5) is 30.1. The Morgan fingerprint density at radius 2 is 1.62 bits per heavy atom. The van der Waals surface area contributed by atoms with Gasteiger partial charge >= 0.3 is 11.9 Å². The third-order valence-electron chi connectivity index (χ3n) is 3.04. The van der Waals surface area contributed by atoms with E-state index in [1.807, 2.05) is 13.8 Å². The second-order valence-electron chi connectivity index (χ2n) is 4.86. The normalized spacial score (nSPS) is 10.6. The van der Waals surface area contributed by atoms with Gasteiger partial charge in [0, 0.05) is 12.4 Å². The number of hydrogen-bond donors (Lipinski definition) is 2. The molecule has 0 fully saturated rings. The van der Waals surface area contributed by atoms with Crippen LogP contribution in [0.5, 0.6) is 0 Å². The van der Waals surface area contributed by atoms with Crippen molar-refractivity contribution < 1.29 is 19.8 Å². The Bertz CT molecular complexity index is 693. The number of nitrogens with zero attached hydrogens (tertiary/aromatic N) is 2. The van der Waals surface area contributed by atoms with Gasteiger partial charge in [0.1, 0.15) is 0 Å². The van der Waals surface area contributed by atoms with Crippen molar-refractivity contribution in [3.8, 4) is 11.4 Å².